The Bertz CT molecular complexity index is 1770. The molecule has 0 aliphatic heterocycles. The van der Waals surface area contributed by atoms with E-state index in [2.05, 4.69) is 0 Å². The minimum atomic E-state index is -1.48. The fourth-order valence-electron chi connectivity index (χ4n) is 4.95. The number of hydrogen-bond donors (Lipinski definition) is 0. The van der Waals surface area contributed by atoms with Crippen LogP contribution in [0.25, 0.3) is 0 Å². The Morgan fingerprint density at radius 1 is 0.681 bits per heavy atom. The number of carbonyl (C=O) groups is 5. The molecule has 0 heterocycles. The highest BCUT2D eigenvalue weighted by Crippen LogP contribution is 2.26. The van der Waals surface area contributed by atoms with Crippen molar-refractivity contribution in [2.45, 2.75) is 60.1 Å². The molecule has 242 valence electrons. The number of hydrazine groups is 1. The quantitative estimate of drug-likeness (QED) is 0.0969. The molecule has 0 saturated carbocycles. The Hall–Kier alpha value is -5.57. The number of hydrogen-bond acceptors (Lipinski definition) is 7. The molecule has 9 nitrogen and oxygen atoms in total. The van der Waals surface area contributed by atoms with E-state index in [9.17, 15) is 24.0 Å². The van der Waals surface area contributed by atoms with Crippen LogP contribution in [-0.2, 0) is 27.4 Å². The number of imide groups is 1. The molecular weight excluding hydrogens is 596 g/mol. The predicted octanol–water partition coefficient (Wildman–Crippen LogP) is 6.65. The van der Waals surface area contributed by atoms with Crippen LogP contribution in [0.3, 0.4) is 0 Å². The number of rotatable bonds is 7. The van der Waals surface area contributed by atoms with Crippen LogP contribution in [0.4, 0.5) is 0 Å². The summed E-state index contributed by atoms with van der Waals surface area (Å²) < 4.78 is 10.9. The van der Waals surface area contributed by atoms with Gasteiger partial charge in [-0.3, -0.25) is 14.4 Å². The van der Waals surface area contributed by atoms with E-state index in [-0.39, 0.29) is 29.0 Å². The Labute approximate surface area is 274 Å². The number of esters is 2. The van der Waals surface area contributed by atoms with Crippen LogP contribution in [-0.4, -0.2) is 45.2 Å². The van der Waals surface area contributed by atoms with Crippen molar-refractivity contribution >= 4 is 29.7 Å². The van der Waals surface area contributed by atoms with Gasteiger partial charge in [0.05, 0.1) is 5.54 Å². The minimum Gasteiger partial charge on any atom is -0.457 e. The van der Waals surface area contributed by atoms with Crippen LogP contribution in [0.2, 0.25) is 0 Å². The molecule has 0 aliphatic rings. The largest absolute Gasteiger partial charge is 0.457 e. The monoisotopic (exact) mass is 634 g/mol. The molecule has 0 aromatic heterocycles. The van der Waals surface area contributed by atoms with Gasteiger partial charge in [0.1, 0.15) is 17.9 Å². The SMILES string of the molecule is CCc1ccc(C(=O)N(C(=O)C(=O)Oc2ccccc2C(=O)OCc2ccccc2)N(C(=O)c2cc(C)cc(C)c2)C(C)(C)C)cc1. The van der Waals surface area contributed by atoms with E-state index < -0.39 is 35.2 Å². The second-order valence-electron chi connectivity index (χ2n) is 12.1. The van der Waals surface area contributed by atoms with Crippen molar-refractivity contribution in [1.82, 2.24) is 10.0 Å². The van der Waals surface area contributed by atoms with E-state index in [1.54, 1.807) is 75.4 Å². The molecule has 0 saturated heterocycles. The summed E-state index contributed by atoms with van der Waals surface area (Å²) >= 11 is 0. The lowest BCUT2D eigenvalue weighted by Crippen LogP contribution is -2.62. The molecule has 4 aromatic carbocycles. The fourth-order valence-corrected chi connectivity index (χ4v) is 4.95. The zero-order valence-electron chi connectivity index (χ0n) is 27.4. The zero-order valence-corrected chi connectivity index (χ0v) is 27.4. The van der Waals surface area contributed by atoms with Gasteiger partial charge in [0.15, 0.2) is 0 Å². The molecule has 0 atom stereocenters. The van der Waals surface area contributed by atoms with E-state index >= 15 is 0 Å². The normalized spacial score (nSPS) is 10.9. The summed E-state index contributed by atoms with van der Waals surface area (Å²) in [5, 5.41) is 1.50. The first-order valence-electron chi connectivity index (χ1n) is 15.2. The lowest BCUT2D eigenvalue weighted by atomic mass is 10.0. The maximum absolute atomic E-state index is 14.2. The number of para-hydroxylation sites is 1. The molecule has 0 aliphatic carbocycles. The Morgan fingerprint density at radius 2 is 1.28 bits per heavy atom. The molecule has 0 radical (unpaired) electrons. The third kappa shape index (κ3) is 8.38. The maximum atomic E-state index is 14.2. The van der Waals surface area contributed by atoms with Gasteiger partial charge in [-0.05, 0) is 88.6 Å². The van der Waals surface area contributed by atoms with Gasteiger partial charge in [0.2, 0.25) is 0 Å². The molecule has 4 aromatic rings. The van der Waals surface area contributed by atoms with Gasteiger partial charge < -0.3 is 9.47 Å². The van der Waals surface area contributed by atoms with Crippen LogP contribution >= 0.6 is 0 Å². The second kappa shape index (κ2) is 14.7. The molecule has 0 unspecified atom stereocenters. The Kier molecular flexibility index (Phi) is 10.7. The molecular formula is C38H38N2O7. The molecule has 0 bridgehead atoms. The van der Waals surface area contributed by atoms with E-state index in [0.29, 0.717) is 5.01 Å². The average Bonchev–Trinajstić information content (AvgIpc) is 3.05. The van der Waals surface area contributed by atoms with Gasteiger partial charge in [-0.1, -0.05) is 78.7 Å². The fraction of sp³-hybridized carbons (Fsp3) is 0.237. The number of carbonyl (C=O) groups excluding carboxylic acids is 5. The number of benzene rings is 4. The smallest absolute Gasteiger partial charge is 0.404 e. The van der Waals surface area contributed by atoms with Gasteiger partial charge in [0.25, 0.3) is 11.8 Å². The highest BCUT2D eigenvalue weighted by Gasteiger charge is 2.43. The maximum Gasteiger partial charge on any atom is 0.404 e. The van der Waals surface area contributed by atoms with Gasteiger partial charge in [0, 0.05) is 11.1 Å². The highest BCUT2D eigenvalue weighted by atomic mass is 16.6. The predicted molar refractivity (Wildman–Crippen MR) is 176 cm³/mol. The van der Waals surface area contributed by atoms with E-state index in [4.69, 9.17) is 9.47 Å². The summed E-state index contributed by atoms with van der Waals surface area (Å²) in [5.74, 6) is -5.50. The first-order chi connectivity index (χ1) is 22.3. The van der Waals surface area contributed by atoms with Gasteiger partial charge in [-0.15, -0.1) is 0 Å². The first-order valence-corrected chi connectivity index (χ1v) is 15.2. The van der Waals surface area contributed by atoms with E-state index in [1.165, 1.54) is 30.3 Å². The summed E-state index contributed by atoms with van der Waals surface area (Å²) in [6, 6.07) is 26.6. The van der Waals surface area contributed by atoms with Crippen molar-refractivity contribution in [3.05, 3.63) is 136 Å². The van der Waals surface area contributed by atoms with Gasteiger partial charge >= 0.3 is 17.8 Å². The summed E-state index contributed by atoms with van der Waals surface area (Å²) in [6.45, 7) is 10.5. The van der Waals surface area contributed by atoms with Crippen LogP contribution < -0.4 is 4.74 Å². The third-order valence-electron chi connectivity index (χ3n) is 7.19. The average molecular weight is 635 g/mol. The number of nitrogens with zero attached hydrogens (tertiary/aromatic N) is 2. The lowest BCUT2D eigenvalue weighted by molar-refractivity contribution is -0.161. The summed E-state index contributed by atoms with van der Waals surface area (Å²) in [6.07, 6.45) is 0.718. The molecule has 9 heteroatoms. The Morgan fingerprint density at radius 3 is 1.87 bits per heavy atom. The van der Waals surface area contributed by atoms with Gasteiger partial charge in [-0.25, -0.2) is 14.6 Å². The molecule has 4 rings (SSSR count). The molecule has 0 fully saturated rings. The second-order valence-corrected chi connectivity index (χ2v) is 12.1. The van der Waals surface area contributed by atoms with Gasteiger partial charge in [-0.2, -0.15) is 5.01 Å². The highest BCUT2D eigenvalue weighted by molar-refractivity contribution is 6.37. The molecule has 47 heavy (non-hydrogen) atoms. The van der Waals surface area contributed by atoms with Crippen molar-refractivity contribution in [2.24, 2.45) is 0 Å². The van der Waals surface area contributed by atoms with Crippen molar-refractivity contribution < 1.29 is 33.4 Å². The summed E-state index contributed by atoms with van der Waals surface area (Å²) in [4.78, 5) is 68.9. The minimum absolute atomic E-state index is 0.0267. The molecule has 0 N–H and O–H groups in total. The van der Waals surface area contributed by atoms with E-state index in [0.717, 1.165) is 33.7 Å². The van der Waals surface area contributed by atoms with Crippen molar-refractivity contribution in [3.63, 3.8) is 0 Å². The first kappa shape index (κ1) is 34.3. The van der Waals surface area contributed by atoms with E-state index in [1.807, 2.05) is 32.9 Å². The third-order valence-corrected chi connectivity index (χ3v) is 7.19. The van der Waals surface area contributed by atoms with Crippen LogP contribution in [0.1, 0.15) is 81.0 Å². The Balaban J connectivity index is 1.71. The van der Waals surface area contributed by atoms with Crippen LogP contribution in [0.5, 0.6) is 5.75 Å². The standard InChI is InChI=1S/C38H38N2O7/c1-7-27-17-19-29(20-18-27)33(41)39(40(38(4,5)6)34(42)30-22-25(2)21-26(3)23-30)35(43)37(45)47-32-16-12-11-15-31(32)36(44)46-24-28-13-9-8-10-14-28/h8-23H,7,24H2,1-6H3. The molecule has 3 amide bonds. The summed E-state index contributed by atoms with van der Waals surface area (Å²) in [7, 11) is 0. The topological polar surface area (TPSA) is 110 Å². The molecule has 0 spiro atoms. The number of aryl methyl sites for hydroxylation is 3. The van der Waals surface area contributed by atoms with Crippen molar-refractivity contribution in [2.75, 3.05) is 0 Å². The van der Waals surface area contributed by atoms with Crippen LogP contribution in [0.15, 0.2) is 97.1 Å². The lowest BCUT2D eigenvalue weighted by Gasteiger charge is -2.41. The van der Waals surface area contributed by atoms with Crippen molar-refractivity contribution in [3.8, 4) is 5.75 Å². The zero-order chi connectivity index (χ0) is 34.3. The van der Waals surface area contributed by atoms with Crippen molar-refractivity contribution in [1.29, 1.82) is 0 Å². The summed E-state index contributed by atoms with van der Waals surface area (Å²) in [5.41, 5.74) is 2.35. The number of amides is 3. The van der Waals surface area contributed by atoms with Crippen LogP contribution in [0, 0.1) is 13.8 Å². The number of ether oxygens (including phenoxy) is 2.